The van der Waals surface area contributed by atoms with E-state index in [0.717, 1.165) is 4.57 Å². The number of carbonyl (C=O) groups excluding carboxylic acids is 2. The summed E-state index contributed by atoms with van der Waals surface area (Å²) in [4.78, 5) is 40.6. The van der Waals surface area contributed by atoms with Crippen molar-refractivity contribution in [1.29, 1.82) is 0 Å². The van der Waals surface area contributed by atoms with Gasteiger partial charge >= 0.3 is 17.6 Å². The number of rotatable bonds is 9. The van der Waals surface area contributed by atoms with Crippen molar-refractivity contribution in [2.24, 2.45) is 11.8 Å². The Morgan fingerprint density at radius 1 is 1.39 bits per heavy atom. The maximum Gasteiger partial charge on any atom is 0.351 e. The fraction of sp³-hybridized carbons (Fsp3) is 0.700. The van der Waals surface area contributed by atoms with E-state index in [2.05, 4.69) is 10.3 Å². The highest BCUT2D eigenvalue weighted by Crippen LogP contribution is 2.42. The summed E-state index contributed by atoms with van der Waals surface area (Å²) in [7, 11) is 0. The van der Waals surface area contributed by atoms with E-state index in [1.807, 2.05) is 0 Å². The van der Waals surface area contributed by atoms with Crippen LogP contribution in [0.1, 0.15) is 42.2 Å². The first-order valence-electron chi connectivity index (χ1n) is 10.6. The number of esters is 2. The Bertz CT molecular complexity index is 870. The molecule has 9 nitrogen and oxygen atoms in total. The van der Waals surface area contributed by atoms with E-state index in [4.69, 9.17) is 27.2 Å². The number of alkyl halides is 2. The van der Waals surface area contributed by atoms with Gasteiger partial charge in [-0.3, -0.25) is 14.2 Å². The fourth-order valence-electron chi connectivity index (χ4n) is 2.91. The lowest BCUT2D eigenvalue weighted by molar-refractivity contribution is -0.177. The molecular formula is C20H29ClFN3O6. The SMILES string of the molecule is [3H]CCNc1ccn([C@@H]2O[C@](CCl)(COC(=O)C(C)C)[C@@H](OC(=O)C(C)C)[C@H]2F)c(=O)n1. The maximum atomic E-state index is 15.6. The third-order valence-corrected chi connectivity index (χ3v) is 5.17. The first kappa shape index (κ1) is 23.5. The first-order valence-corrected chi connectivity index (χ1v) is 10.5. The van der Waals surface area contributed by atoms with Crippen LogP contribution < -0.4 is 11.0 Å². The lowest BCUT2D eigenvalue weighted by Gasteiger charge is -2.32. The van der Waals surface area contributed by atoms with Crippen LogP contribution in [0, 0.1) is 11.8 Å². The summed E-state index contributed by atoms with van der Waals surface area (Å²) in [6, 6.07) is 1.43. The fourth-order valence-corrected chi connectivity index (χ4v) is 3.20. The van der Waals surface area contributed by atoms with Crippen LogP contribution in [0.2, 0.25) is 0 Å². The first-order chi connectivity index (χ1) is 15.1. The molecule has 0 unspecified atom stereocenters. The Kier molecular flexibility index (Phi) is 7.88. The monoisotopic (exact) mass is 463 g/mol. The van der Waals surface area contributed by atoms with Gasteiger partial charge in [0.25, 0.3) is 0 Å². The van der Waals surface area contributed by atoms with E-state index >= 15 is 4.39 Å². The summed E-state index contributed by atoms with van der Waals surface area (Å²) >= 11 is 6.12. The van der Waals surface area contributed by atoms with Gasteiger partial charge in [-0.05, 0) is 13.0 Å². The maximum absolute atomic E-state index is 15.6. The average Bonchev–Trinajstić information content (AvgIpc) is 3.02. The molecule has 1 aliphatic heterocycles. The summed E-state index contributed by atoms with van der Waals surface area (Å²) in [6.07, 6.45) is -3.74. The molecule has 0 aliphatic carbocycles. The summed E-state index contributed by atoms with van der Waals surface area (Å²) in [6.45, 7) is 6.33. The predicted molar refractivity (Wildman–Crippen MR) is 112 cm³/mol. The zero-order valence-corrected chi connectivity index (χ0v) is 18.7. The van der Waals surface area contributed by atoms with Gasteiger partial charge in [-0.2, -0.15) is 4.98 Å². The van der Waals surface area contributed by atoms with Crippen molar-refractivity contribution in [1.82, 2.24) is 9.55 Å². The molecule has 2 rings (SSSR count). The number of anilines is 1. The molecule has 174 valence electrons. The molecule has 2 heterocycles. The quantitative estimate of drug-likeness (QED) is 0.439. The minimum Gasteiger partial charge on any atom is -0.462 e. The minimum absolute atomic E-state index is 0.0826. The van der Waals surface area contributed by atoms with Gasteiger partial charge in [-0.15, -0.1) is 11.6 Å². The highest BCUT2D eigenvalue weighted by Gasteiger charge is 2.59. The number of aromatic nitrogens is 2. The van der Waals surface area contributed by atoms with E-state index in [-0.39, 0.29) is 25.1 Å². The smallest absolute Gasteiger partial charge is 0.351 e. The Labute approximate surface area is 186 Å². The molecule has 31 heavy (non-hydrogen) atoms. The molecule has 1 saturated heterocycles. The molecule has 0 aromatic carbocycles. The van der Waals surface area contributed by atoms with Gasteiger partial charge in [0.05, 0.1) is 17.7 Å². The summed E-state index contributed by atoms with van der Waals surface area (Å²) in [5.74, 6) is -2.39. The molecule has 1 aromatic heterocycles. The van der Waals surface area contributed by atoms with Gasteiger partial charge in [0.1, 0.15) is 12.4 Å². The van der Waals surface area contributed by atoms with Crippen molar-refractivity contribution < 1.29 is 29.6 Å². The second kappa shape index (κ2) is 10.4. The Hall–Kier alpha value is -2.20. The van der Waals surface area contributed by atoms with E-state index < -0.39 is 60.2 Å². The zero-order chi connectivity index (χ0) is 24.1. The molecule has 1 aromatic rings. The Balaban J connectivity index is 2.39. The molecule has 0 bridgehead atoms. The van der Waals surface area contributed by atoms with Gasteiger partial charge in [0.15, 0.2) is 24.1 Å². The van der Waals surface area contributed by atoms with Crippen molar-refractivity contribution >= 4 is 29.4 Å². The van der Waals surface area contributed by atoms with Gasteiger partial charge in [0.2, 0.25) is 0 Å². The highest BCUT2D eigenvalue weighted by atomic mass is 35.5. The van der Waals surface area contributed by atoms with Gasteiger partial charge in [-0.1, -0.05) is 27.7 Å². The Morgan fingerprint density at radius 3 is 2.61 bits per heavy atom. The second-order valence-electron chi connectivity index (χ2n) is 7.86. The lowest BCUT2D eigenvalue weighted by atomic mass is 9.98. The van der Waals surface area contributed by atoms with Crippen LogP contribution in [-0.2, 0) is 23.8 Å². The molecule has 4 atom stereocenters. The highest BCUT2D eigenvalue weighted by molar-refractivity contribution is 6.18. The van der Waals surface area contributed by atoms with Crippen LogP contribution in [0.4, 0.5) is 10.2 Å². The van der Waals surface area contributed by atoms with E-state index in [9.17, 15) is 14.4 Å². The molecule has 0 saturated carbocycles. The largest absolute Gasteiger partial charge is 0.462 e. The van der Waals surface area contributed by atoms with Crippen LogP contribution >= 0.6 is 11.6 Å². The standard InChI is InChI=1S/C20H29ClFN3O6/c1-6-23-13-7-8-25(19(28)24-13)16-14(22)15(30-18(27)12(4)5)20(9-21,31-16)10-29-17(26)11(2)3/h7-8,11-12,14-16H,6,9-10H2,1-5H3,(H,23,24,28)/t14-,15+,16-,20-/m1/s1/i1T. The van der Waals surface area contributed by atoms with Crippen LogP contribution in [0.5, 0.6) is 0 Å². The molecule has 11 heteroatoms. The molecule has 0 spiro atoms. The van der Waals surface area contributed by atoms with E-state index in [1.54, 1.807) is 27.7 Å². The lowest BCUT2D eigenvalue weighted by Crippen LogP contribution is -2.51. The van der Waals surface area contributed by atoms with Crippen molar-refractivity contribution in [3.05, 3.63) is 22.7 Å². The zero-order valence-electron chi connectivity index (χ0n) is 19.0. The number of halogens is 2. The van der Waals surface area contributed by atoms with Crippen molar-refractivity contribution in [3.63, 3.8) is 0 Å². The van der Waals surface area contributed by atoms with Crippen LogP contribution in [0.25, 0.3) is 0 Å². The minimum atomic E-state index is -1.99. The molecular weight excluding hydrogens is 433 g/mol. The molecule has 0 radical (unpaired) electrons. The third kappa shape index (κ3) is 5.54. The number of ether oxygens (including phenoxy) is 3. The van der Waals surface area contributed by atoms with Crippen LogP contribution in [0.15, 0.2) is 17.1 Å². The number of hydrogen-bond acceptors (Lipinski definition) is 8. The summed E-state index contributed by atoms with van der Waals surface area (Å²) in [5.41, 5.74) is -2.52. The predicted octanol–water partition coefficient (Wildman–Crippen LogP) is 2.29. The molecule has 0 amide bonds. The molecule has 1 N–H and O–H groups in total. The van der Waals surface area contributed by atoms with Gasteiger partial charge in [-0.25, -0.2) is 9.18 Å². The van der Waals surface area contributed by atoms with Gasteiger partial charge in [0, 0.05) is 14.1 Å². The van der Waals surface area contributed by atoms with Crippen molar-refractivity contribution in [2.75, 3.05) is 24.3 Å². The molecule has 1 fully saturated rings. The number of hydrogen-bond donors (Lipinski definition) is 1. The van der Waals surface area contributed by atoms with Crippen molar-refractivity contribution in [2.45, 2.75) is 58.7 Å². The summed E-state index contributed by atoms with van der Waals surface area (Å²) < 4.78 is 40.1. The molecule has 1 aliphatic rings. The van der Waals surface area contributed by atoms with Gasteiger partial charge < -0.3 is 19.5 Å². The van der Waals surface area contributed by atoms with Crippen LogP contribution in [-0.4, -0.2) is 58.4 Å². The van der Waals surface area contributed by atoms with Crippen LogP contribution in [0.3, 0.4) is 0 Å². The number of nitrogens with one attached hydrogen (secondary N) is 1. The van der Waals surface area contributed by atoms with E-state index in [1.165, 1.54) is 12.3 Å². The van der Waals surface area contributed by atoms with E-state index in [0.29, 0.717) is 0 Å². The number of carbonyl (C=O) groups is 2. The topological polar surface area (TPSA) is 109 Å². The number of nitrogens with zero attached hydrogens (tertiary/aromatic N) is 2. The second-order valence-corrected chi connectivity index (χ2v) is 8.12. The van der Waals surface area contributed by atoms with Crippen molar-refractivity contribution in [3.8, 4) is 0 Å². The average molecular weight is 464 g/mol. The third-order valence-electron chi connectivity index (χ3n) is 4.72. The summed E-state index contributed by atoms with van der Waals surface area (Å²) in [5, 5.41) is 2.79. The Morgan fingerprint density at radius 2 is 2.06 bits per heavy atom. The normalized spacial score (nSPS) is 26.1.